The van der Waals surface area contributed by atoms with Crippen molar-refractivity contribution in [1.29, 1.82) is 0 Å². The summed E-state index contributed by atoms with van der Waals surface area (Å²) in [5.41, 5.74) is -0.640. The second-order valence-corrected chi connectivity index (χ2v) is 6.58. The number of hydrogen-bond acceptors (Lipinski definition) is 7. The van der Waals surface area contributed by atoms with Crippen molar-refractivity contribution in [3.63, 3.8) is 0 Å². The number of carbonyl (C=O) groups is 2. The van der Waals surface area contributed by atoms with Crippen LogP contribution >= 0.6 is 23.1 Å². The van der Waals surface area contributed by atoms with Crippen LogP contribution in [0.3, 0.4) is 0 Å². The third kappa shape index (κ3) is 4.91. The van der Waals surface area contributed by atoms with E-state index in [1.54, 1.807) is 24.6 Å². The van der Waals surface area contributed by atoms with E-state index in [1.165, 1.54) is 30.0 Å². The number of anilines is 2. The molecule has 2 heterocycles. The highest BCUT2D eigenvalue weighted by Crippen LogP contribution is 2.20. The topological polar surface area (TPSA) is 113 Å². The number of thioether (sulfide) groups is 1. The molecule has 0 spiro atoms. The zero-order chi connectivity index (χ0) is 17.5. The fourth-order valence-electron chi connectivity index (χ4n) is 1.70. The molecule has 2 aromatic heterocycles. The van der Waals surface area contributed by atoms with Gasteiger partial charge in [0.05, 0.1) is 11.5 Å². The van der Waals surface area contributed by atoms with E-state index in [1.807, 2.05) is 0 Å². The summed E-state index contributed by atoms with van der Waals surface area (Å²) in [6.45, 7) is 1.78. The Balaban J connectivity index is 2.29. The van der Waals surface area contributed by atoms with Gasteiger partial charge in [-0.2, -0.15) is 0 Å². The lowest BCUT2D eigenvalue weighted by Gasteiger charge is -2.11. The van der Waals surface area contributed by atoms with Gasteiger partial charge in [0.1, 0.15) is 0 Å². The third-order valence-corrected chi connectivity index (χ3v) is 4.41. The lowest BCUT2D eigenvalue weighted by atomic mass is 10.4. The minimum absolute atomic E-state index is 0.0103. The molecule has 0 aliphatic rings. The van der Waals surface area contributed by atoms with Gasteiger partial charge >= 0.3 is 0 Å². The molecule has 0 aliphatic carbocycles. The standard InChI is InChI=1S/C14H16N4O4S2/c1-8(19)15-11-10(16-12(20)9-4-3-6-23-9)13(21)18-14(17-11)24-7-5-22-2/h3-4,6H,5,7H2,1-2H3,(H,16,20)(H2,15,17,18,19,21). The van der Waals surface area contributed by atoms with Crippen molar-refractivity contribution >= 4 is 46.4 Å². The highest BCUT2D eigenvalue weighted by atomic mass is 32.2. The number of nitrogens with one attached hydrogen (secondary N) is 3. The van der Waals surface area contributed by atoms with Gasteiger partial charge in [0.25, 0.3) is 11.5 Å². The number of carbonyl (C=O) groups excluding carboxylic acids is 2. The molecule has 2 amide bonds. The van der Waals surface area contributed by atoms with E-state index in [0.717, 1.165) is 0 Å². The van der Waals surface area contributed by atoms with Crippen molar-refractivity contribution in [2.24, 2.45) is 0 Å². The molecule has 0 saturated heterocycles. The number of aromatic amines is 1. The Morgan fingerprint density at radius 3 is 2.83 bits per heavy atom. The number of aromatic nitrogens is 2. The molecule has 0 bridgehead atoms. The molecule has 3 N–H and O–H groups in total. The first-order chi connectivity index (χ1) is 11.5. The molecule has 0 saturated carbocycles. The number of nitrogens with zero attached hydrogens (tertiary/aromatic N) is 1. The Kier molecular flexibility index (Phi) is 6.53. The molecule has 0 aromatic carbocycles. The van der Waals surface area contributed by atoms with Crippen LogP contribution in [0.15, 0.2) is 27.5 Å². The van der Waals surface area contributed by atoms with Crippen LogP contribution in [0.25, 0.3) is 0 Å². The third-order valence-electron chi connectivity index (χ3n) is 2.70. The van der Waals surface area contributed by atoms with Crippen LogP contribution < -0.4 is 16.2 Å². The van der Waals surface area contributed by atoms with E-state index >= 15 is 0 Å². The van der Waals surface area contributed by atoms with Crippen LogP contribution in [-0.4, -0.2) is 41.3 Å². The van der Waals surface area contributed by atoms with Crippen molar-refractivity contribution in [2.45, 2.75) is 12.1 Å². The quantitative estimate of drug-likeness (QED) is 0.390. The van der Waals surface area contributed by atoms with E-state index in [0.29, 0.717) is 22.4 Å². The van der Waals surface area contributed by atoms with Crippen LogP contribution in [-0.2, 0) is 9.53 Å². The molecule has 0 atom stereocenters. The van der Waals surface area contributed by atoms with Crippen molar-refractivity contribution in [2.75, 3.05) is 30.1 Å². The molecule has 10 heteroatoms. The zero-order valence-corrected chi connectivity index (χ0v) is 14.7. The number of methoxy groups -OCH3 is 1. The maximum absolute atomic E-state index is 12.3. The van der Waals surface area contributed by atoms with E-state index in [2.05, 4.69) is 20.6 Å². The van der Waals surface area contributed by atoms with E-state index in [9.17, 15) is 14.4 Å². The first kappa shape index (κ1) is 18.2. The molecule has 0 radical (unpaired) electrons. The van der Waals surface area contributed by atoms with Gasteiger partial charge < -0.3 is 15.4 Å². The van der Waals surface area contributed by atoms with Gasteiger partial charge in [-0.25, -0.2) is 4.98 Å². The van der Waals surface area contributed by atoms with Crippen molar-refractivity contribution in [3.8, 4) is 0 Å². The van der Waals surface area contributed by atoms with Crippen LogP contribution in [0.5, 0.6) is 0 Å². The maximum atomic E-state index is 12.3. The summed E-state index contributed by atoms with van der Waals surface area (Å²) in [5, 5.41) is 7.05. The predicted octanol–water partition coefficient (Wildman–Crippen LogP) is 1.78. The average molecular weight is 368 g/mol. The Bertz CT molecular complexity index is 774. The molecular formula is C14H16N4O4S2. The normalized spacial score (nSPS) is 10.4. The summed E-state index contributed by atoms with van der Waals surface area (Å²) in [7, 11) is 1.57. The molecule has 8 nitrogen and oxygen atoms in total. The summed E-state index contributed by atoms with van der Waals surface area (Å²) in [5.74, 6) is -0.243. The first-order valence-electron chi connectivity index (χ1n) is 6.89. The van der Waals surface area contributed by atoms with Gasteiger partial charge in [-0.05, 0) is 11.4 Å². The van der Waals surface area contributed by atoms with Gasteiger partial charge in [0.2, 0.25) is 5.91 Å². The molecular weight excluding hydrogens is 352 g/mol. The van der Waals surface area contributed by atoms with Crippen LogP contribution in [0, 0.1) is 0 Å². The van der Waals surface area contributed by atoms with Gasteiger partial charge in [-0.1, -0.05) is 17.8 Å². The van der Waals surface area contributed by atoms with Gasteiger partial charge in [0, 0.05) is 19.8 Å². The summed E-state index contributed by atoms with van der Waals surface area (Å²) < 4.78 is 4.94. The van der Waals surface area contributed by atoms with E-state index in [-0.39, 0.29) is 11.5 Å². The SMILES string of the molecule is COCCSc1nc(NC(C)=O)c(NC(=O)c2cccs2)c(=O)[nH]1. The van der Waals surface area contributed by atoms with Gasteiger partial charge in [0.15, 0.2) is 16.7 Å². The number of ether oxygens (including phenoxy) is 1. The van der Waals surface area contributed by atoms with E-state index < -0.39 is 17.4 Å². The number of rotatable bonds is 7. The minimum Gasteiger partial charge on any atom is -0.384 e. The van der Waals surface area contributed by atoms with Gasteiger partial charge in [-0.15, -0.1) is 11.3 Å². The lowest BCUT2D eigenvalue weighted by Crippen LogP contribution is -2.24. The highest BCUT2D eigenvalue weighted by molar-refractivity contribution is 7.99. The minimum atomic E-state index is -0.543. The van der Waals surface area contributed by atoms with Crippen LogP contribution in [0.2, 0.25) is 0 Å². The smallest absolute Gasteiger partial charge is 0.277 e. The average Bonchev–Trinajstić information content (AvgIpc) is 3.05. The Hall–Kier alpha value is -2.17. The van der Waals surface area contributed by atoms with Crippen LogP contribution in [0.4, 0.5) is 11.5 Å². The Labute approximate surface area is 146 Å². The van der Waals surface area contributed by atoms with Crippen molar-refractivity contribution in [3.05, 3.63) is 32.7 Å². The summed E-state index contributed by atoms with van der Waals surface area (Å²) in [6, 6.07) is 3.36. The fourth-order valence-corrected chi connectivity index (χ4v) is 3.08. The molecule has 0 aliphatic heterocycles. The van der Waals surface area contributed by atoms with Crippen LogP contribution in [0.1, 0.15) is 16.6 Å². The molecule has 0 fully saturated rings. The monoisotopic (exact) mass is 368 g/mol. The number of hydrogen-bond donors (Lipinski definition) is 3. The van der Waals surface area contributed by atoms with Crippen molar-refractivity contribution < 1.29 is 14.3 Å². The second-order valence-electron chi connectivity index (χ2n) is 4.55. The fraction of sp³-hybridized carbons (Fsp3) is 0.286. The summed E-state index contributed by atoms with van der Waals surface area (Å²) in [6.07, 6.45) is 0. The predicted molar refractivity (Wildman–Crippen MR) is 94.0 cm³/mol. The number of H-pyrrole nitrogens is 1. The molecule has 2 aromatic rings. The zero-order valence-electron chi connectivity index (χ0n) is 13.0. The highest BCUT2D eigenvalue weighted by Gasteiger charge is 2.17. The summed E-state index contributed by atoms with van der Waals surface area (Å²) in [4.78, 5) is 43.0. The lowest BCUT2D eigenvalue weighted by molar-refractivity contribution is -0.114. The van der Waals surface area contributed by atoms with Crippen molar-refractivity contribution in [1.82, 2.24) is 9.97 Å². The largest absolute Gasteiger partial charge is 0.384 e. The summed E-state index contributed by atoms with van der Waals surface area (Å²) >= 11 is 2.51. The number of amides is 2. The van der Waals surface area contributed by atoms with Gasteiger partial charge in [-0.3, -0.25) is 19.4 Å². The first-order valence-corrected chi connectivity index (χ1v) is 8.76. The number of thiophene rings is 1. The molecule has 128 valence electrons. The molecule has 24 heavy (non-hydrogen) atoms. The molecule has 0 unspecified atom stereocenters. The Morgan fingerprint density at radius 2 is 2.21 bits per heavy atom. The maximum Gasteiger partial charge on any atom is 0.277 e. The van der Waals surface area contributed by atoms with E-state index in [4.69, 9.17) is 4.74 Å². The molecule has 2 rings (SSSR count). The second kappa shape index (κ2) is 8.62. The Morgan fingerprint density at radius 1 is 1.42 bits per heavy atom.